The summed E-state index contributed by atoms with van der Waals surface area (Å²) in [6.45, 7) is 2.13. The van der Waals surface area contributed by atoms with Gasteiger partial charge in [0.25, 0.3) is 0 Å². The van der Waals surface area contributed by atoms with E-state index < -0.39 is 0 Å². The number of ether oxygens (including phenoxy) is 1. The van der Waals surface area contributed by atoms with Crippen molar-refractivity contribution in [2.45, 2.75) is 19.4 Å². The minimum absolute atomic E-state index is 0.227. The first-order valence-corrected chi connectivity index (χ1v) is 6.75. The number of benzene rings is 2. The van der Waals surface area contributed by atoms with Crippen LogP contribution in [0.3, 0.4) is 0 Å². The Hall–Kier alpha value is -1.67. The van der Waals surface area contributed by atoms with Crippen molar-refractivity contribution in [1.29, 1.82) is 0 Å². The van der Waals surface area contributed by atoms with Crippen LogP contribution in [0.4, 0.5) is 5.69 Å². The molecule has 0 radical (unpaired) electrons. The summed E-state index contributed by atoms with van der Waals surface area (Å²) >= 11 is 6.11. The fourth-order valence-electron chi connectivity index (χ4n) is 2.72. The number of para-hydroxylation sites is 1. The smallest absolute Gasteiger partial charge is 0.124 e. The summed E-state index contributed by atoms with van der Waals surface area (Å²) in [7, 11) is 1.69. The zero-order chi connectivity index (χ0) is 13.4. The van der Waals surface area contributed by atoms with Crippen LogP contribution in [0.25, 0.3) is 0 Å². The van der Waals surface area contributed by atoms with Gasteiger partial charge in [-0.1, -0.05) is 29.8 Å². The lowest BCUT2D eigenvalue weighted by Crippen LogP contribution is -2.07. The molecule has 1 heterocycles. The SMILES string of the molecule is COc1ccc(Cl)cc1C1Cc2cccc(C)c2N1. The molecule has 19 heavy (non-hydrogen) atoms. The van der Waals surface area contributed by atoms with E-state index in [0.717, 1.165) is 22.8 Å². The van der Waals surface area contributed by atoms with Gasteiger partial charge >= 0.3 is 0 Å². The van der Waals surface area contributed by atoms with E-state index in [4.69, 9.17) is 16.3 Å². The summed E-state index contributed by atoms with van der Waals surface area (Å²) in [6.07, 6.45) is 0.966. The van der Waals surface area contributed by atoms with Crippen molar-refractivity contribution in [3.8, 4) is 5.75 Å². The second-order valence-electron chi connectivity index (χ2n) is 4.90. The Morgan fingerprint density at radius 1 is 1.26 bits per heavy atom. The largest absolute Gasteiger partial charge is 0.496 e. The summed E-state index contributed by atoms with van der Waals surface area (Å²) in [4.78, 5) is 0. The fraction of sp³-hybridized carbons (Fsp3) is 0.250. The molecule has 1 aliphatic rings. The van der Waals surface area contributed by atoms with Gasteiger partial charge in [0.15, 0.2) is 0 Å². The number of hydrogen-bond acceptors (Lipinski definition) is 2. The fourth-order valence-corrected chi connectivity index (χ4v) is 2.90. The molecule has 0 spiro atoms. The van der Waals surface area contributed by atoms with Gasteiger partial charge < -0.3 is 10.1 Å². The highest BCUT2D eigenvalue weighted by Gasteiger charge is 2.25. The topological polar surface area (TPSA) is 21.3 Å². The number of aryl methyl sites for hydroxylation is 1. The van der Waals surface area contributed by atoms with E-state index >= 15 is 0 Å². The van der Waals surface area contributed by atoms with E-state index in [1.165, 1.54) is 16.8 Å². The minimum Gasteiger partial charge on any atom is -0.496 e. The average Bonchev–Trinajstić information content (AvgIpc) is 2.84. The molecule has 0 saturated heterocycles. The van der Waals surface area contributed by atoms with Crippen molar-refractivity contribution >= 4 is 17.3 Å². The van der Waals surface area contributed by atoms with Crippen molar-refractivity contribution in [3.63, 3.8) is 0 Å². The highest BCUT2D eigenvalue weighted by Crippen LogP contribution is 2.40. The maximum atomic E-state index is 6.11. The van der Waals surface area contributed by atoms with E-state index in [9.17, 15) is 0 Å². The third-order valence-electron chi connectivity index (χ3n) is 3.67. The zero-order valence-electron chi connectivity index (χ0n) is 11.0. The summed E-state index contributed by atoms with van der Waals surface area (Å²) in [5, 5.41) is 4.32. The lowest BCUT2D eigenvalue weighted by Gasteiger charge is -2.16. The van der Waals surface area contributed by atoms with Crippen LogP contribution >= 0.6 is 11.6 Å². The van der Waals surface area contributed by atoms with Crippen LogP contribution in [-0.4, -0.2) is 7.11 Å². The molecule has 1 N–H and O–H groups in total. The molecular weight excluding hydrogens is 258 g/mol. The molecule has 0 fully saturated rings. The molecule has 1 unspecified atom stereocenters. The van der Waals surface area contributed by atoms with Crippen molar-refractivity contribution in [3.05, 3.63) is 58.1 Å². The Bertz CT molecular complexity index is 624. The Balaban J connectivity index is 1.99. The molecule has 0 aliphatic carbocycles. The van der Waals surface area contributed by atoms with Gasteiger partial charge in [-0.05, 0) is 42.7 Å². The van der Waals surface area contributed by atoms with E-state index in [1.54, 1.807) is 7.11 Å². The Morgan fingerprint density at radius 2 is 2.11 bits per heavy atom. The number of halogens is 1. The van der Waals surface area contributed by atoms with Gasteiger partial charge in [-0.25, -0.2) is 0 Å². The Morgan fingerprint density at radius 3 is 2.84 bits per heavy atom. The molecular formula is C16H16ClNO. The number of hydrogen-bond donors (Lipinski definition) is 1. The van der Waals surface area contributed by atoms with Crippen molar-refractivity contribution in [2.75, 3.05) is 12.4 Å². The van der Waals surface area contributed by atoms with Crippen LogP contribution < -0.4 is 10.1 Å². The molecule has 3 heteroatoms. The van der Waals surface area contributed by atoms with Crippen molar-refractivity contribution < 1.29 is 4.74 Å². The predicted octanol–water partition coefficient (Wildman–Crippen LogP) is 4.37. The molecule has 0 bridgehead atoms. The number of rotatable bonds is 2. The number of fused-ring (bicyclic) bond motifs is 1. The molecule has 98 valence electrons. The molecule has 1 atom stereocenters. The Kier molecular flexibility index (Phi) is 3.11. The van der Waals surface area contributed by atoms with Crippen LogP contribution in [0.15, 0.2) is 36.4 Å². The molecule has 3 rings (SSSR count). The second kappa shape index (κ2) is 4.78. The van der Waals surface area contributed by atoms with E-state index in [2.05, 4.69) is 30.4 Å². The van der Waals surface area contributed by atoms with Gasteiger partial charge in [-0.3, -0.25) is 0 Å². The lowest BCUT2D eigenvalue weighted by molar-refractivity contribution is 0.407. The molecule has 2 aromatic rings. The average molecular weight is 274 g/mol. The molecule has 0 saturated carbocycles. The highest BCUT2D eigenvalue weighted by atomic mass is 35.5. The van der Waals surface area contributed by atoms with E-state index in [-0.39, 0.29) is 6.04 Å². The number of anilines is 1. The maximum Gasteiger partial charge on any atom is 0.124 e. The first-order chi connectivity index (χ1) is 9.19. The molecule has 2 nitrogen and oxygen atoms in total. The summed E-state index contributed by atoms with van der Waals surface area (Å²) < 4.78 is 5.44. The quantitative estimate of drug-likeness (QED) is 0.877. The van der Waals surface area contributed by atoms with Gasteiger partial charge in [0.1, 0.15) is 5.75 Å². The van der Waals surface area contributed by atoms with Gasteiger partial charge in [0.2, 0.25) is 0 Å². The Labute approximate surface area is 118 Å². The third kappa shape index (κ3) is 2.17. The van der Waals surface area contributed by atoms with Crippen LogP contribution in [0.1, 0.15) is 22.7 Å². The van der Waals surface area contributed by atoms with Crippen LogP contribution in [0, 0.1) is 6.92 Å². The first-order valence-electron chi connectivity index (χ1n) is 6.37. The van der Waals surface area contributed by atoms with Gasteiger partial charge in [0, 0.05) is 16.3 Å². The van der Waals surface area contributed by atoms with Crippen LogP contribution in [-0.2, 0) is 6.42 Å². The third-order valence-corrected chi connectivity index (χ3v) is 3.90. The van der Waals surface area contributed by atoms with Gasteiger partial charge in [-0.15, -0.1) is 0 Å². The van der Waals surface area contributed by atoms with E-state index in [0.29, 0.717) is 0 Å². The lowest BCUT2D eigenvalue weighted by atomic mass is 10.0. The van der Waals surface area contributed by atoms with Crippen molar-refractivity contribution in [1.82, 2.24) is 0 Å². The number of methoxy groups -OCH3 is 1. The van der Waals surface area contributed by atoms with E-state index in [1.807, 2.05) is 18.2 Å². The number of nitrogens with one attached hydrogen (secondary N) is 1. The summed E-state index contributed by atoms with van der Waals surface area (Å²) in [5.41, 5.74) is 4.99. The maximum absolute atomic E-state index is 6.11. The van der Waals surface area contributed by atoms with Crippen molar-refractivity contribution in [2.24, 2.45) is 0 Å². The van der Waals surface area contributed by atoms with Crippen LogP contribution in [0.2, 0.25) is 5.02 Å². The summed E-state index contributed by atoms with van der Waals surface area (Å²) in [6, 6.07) is 12.4. The summed E-state index contributed by atoms with van der Waals surface area (Å²) in [5.74, 6) is 0.882. The standard InChI is InChI=1S/C16H16ClNO/c1-10-4-3-5-11-8-14(18-16(10)11)13-9-12(17)6-7-15(13)19-2/h3-7,9,14,18H,8H2,1-2H3. The molecule has 1 aliphatic heterocycles. The minimum atomic E-state index is 0.227. The monoisotopic (exact) mass is 273 g/mol. The van der Waals surface area contributed by atoms with Gasteiger partial charge in [0.05, 0.1) is 13.2 Å². The van der Waals surface area contributed by atoms with Crippen LogP contribution in [0.5, 0.6) is 5.75 Å². The predicted molar refractivity (Wildman–Crippen MR) is 79.3 cm³/mol. The highest BCUT2D eigenvalue weighted by molar-refractivity contribution is 6.30. The zero-order valence-corrected chi connectivity index (χ0v) is 11.8. The molecule has 2 aromatic carbocycles. The first kappa shape index (κ1) is 12.4. The van der Waals surface area contributed by atoms with Gasteiger partial charge in [-0.2, -0.15) is 0 Å². The molecule has 0 amide bonds. The molecule has 0 aromatic heterocycles. The second-order valence-corrected chi connectivity index (χ2v) is 5.33. The normalized spacial score (nSPS) is 16.9.